The fraction of sp³-hybridized carbons (Fsp3) is 0.250. The number of rotatable bonds is 0. The topological polar surface area (TPSA) is 26.0 Å². The van der Waals surface area contributed by atoms with Crippen molar-refractivity contribution in [3.63, 3.8) is 0 Å². The highest BCUT2D eigenvalue weighted by molar-refractivity contribution is 7.99. The summed E-state index contributed by atoms with van der Waals surface area (Å²) in [7, 11) is 0. The van der Waals surface area contributed by atoms with E-state index in [0.717, 1.165) is 6.07 Å². The minimum atomic E-state index is -0.552. The van der Waals surface area contributed by atoms with Crippen molar-refractivity contribution < 1.29 is 8.78 Å². The third kappa shape index (κ3) is 1.11. The Kier molecular flexibility index (Phi) is 1.81. The predicted molar refractivity (Wildman–Crippen MR) is 44.0 cm³/mol. The molecule has 0 saturated heterocycles. The molecule has 1 aliphatic heterocycles. The van der Waals surface area contributed by atoms with Gasteiger partial charge in [-0.1, -0.05) is 0 Å². The van der Waals surface area contributed by atoms with Gasteiger partial charge in [-0.15, -0.1) is 11.8 Å². The van der Waals surface area contributed by atoms with Crippen LogP contribution in [0, 0.1) is 11.6 Å². The van der Waals surface area contributed by atoms with Crippen molar-refractivity contribution in [1.82, 2.24) is 0 Å². The highest BCUT2D eigenvalue weighted by Crippen LogP contribution is 2.38. The minimum absolute atomic E-state index is 0.227. The summed E-state index contributed by atoms with van der Waals surface area (Å²) in [6.07, 6.45) is 0. The largest absolute Gasteiger partial charge is 0.323 e. The first-order valence-electron chi connectivity index (χ1n) is 3.56. The van der Waals surface area contributed by atoms with E-state index in [9.17, 15) is 8.78 Å². The molecule has 1 atom stereocenters. The Balaban J connectivity index is 2.60. The molecule has 64 valence electrons. The van der Waals surface area contributed by atoms with E-state index in [4.69, 9.17) is 5.73 Å². The summed E-state index contributed by atoms with van der Waals surface area (Å²) in [6.45, 7) is 0. The summed E-state index contributed by atoms with van der Waals surface area (Å²) in [5, 5.41) is 0. The third-order valence-electron chi connectivity index (χ3n) is 1.84. The quantitative estimate of drug-likeness (QED) is 0.672. The van der Waals surface area contributed by atoms with Crippen molar-refractivity contribution in [3.8, 4) is 0 Å². The van der Waals surface area contributed by atoms with E-state index >= 15 is 0 Å². The number of benzene rings is 1. The summed E-state index contributed by atoms with van der Waals surface area (Å²) < 4.78 is 25.7. The zero-order valence-corrected chi connectivity index (χ0v) is 7.00. The first-order chi connectivity index (χ1) is 5.68. The number of fused-ring (bicyclic) bond motifs is 1. The van der Waals surface area contributed by atoms with E-state index < -0.39 is 11.6 Å². The van der Waals surface area contributed by atoms with Gasteiger partial charge in [0.25, 0.3) is 0 Å². The average molecular weight is 187 g/mol. The van der Waals surface area contributed by atoms with Gasteiger partial charge in [0.05, 0.1) is 0 Å². The van der Waals surface area contributed by atoms with Crippen LogP contribution < -0.4 is 5.73 Å². The highest BCUT2D eigenvalue weighted by Gasteiger charge is 2.23. The number of hydrogen-bond acceptors (Lipinski definition) is 2. The first-order valence-corrected chi connectivity index (χ1v) is 4.54. The Morgan fingerprint density at radius 3 is 2.92 bits per heavy atom. The van der Waals surface area contributed by atoms with E-state index in [2.05, 4.69) is 0 Å². The van der Waals surface area contributed by atoms with Gasteiger partial charge in [0.2, 0.25) is 0 Å². The van der Waals surface area contributed by atoms with Gasteiger partial charge in [0, 0.05) is 22.8 Å². The Morgan fingerprint density at radius 2 is 2.17 bits per heavy atom. The number of hydrogen-bond donors (Lipinski definition) is 1. The second-order valence-corrected chi connectivity index (χ2v) is 3.75. The molecule has 1 aromatic carbocycles. The summed E-state index contributed by atoms with van der Waals surface area (Å²) in [6, 6.07) is 1.97. The van der Waals surface area contributed by atoms with Crippen LogP contribution in [0.5, 0.6) is 0 Å². The molecule has 0 saturated carbocycles. The molecule has 0 radical (unpaired) electrons. The minimum Gasteiger partial charge on any atom is -0.323 e. The lowest BCUT2D eigenvalue weighted by Crippen LogP contribution is -2.08. The Morgan fingerprint density at radius 1 is 1.42 bits per heavy atom. The molecular formula is C8H7F2NS. The fourth-order valence-electron chi connectivity index (χ4n) is 1.27. The Labute approximate surface area is 72.9 Å². The maximum Gasteiger partial charge on any atom is 0.140 e. The van der Waals surface area contributed by atoms with Crippen molar-refractivity contribution in [1.29, 1.82) is 0 Å². The van der Waals surface area contributed by atoms with Crippen LogP contribution in [0.4, 0.5) is 8.78 Å². The van der Waals surface area contributed by atoms with Crippen LogP contribution >= 0.6 is 11.8 Å². The third-order valence-corrected chi connectivity index (χ3v) is 3.09. The van der Waals surface area contributed by atoms with Crippen LogP contribution in [0.25, 0.3) is 0 Å². The van der Waals surface area contributed by atoms with Gasteiger partial charge < -0.3 is 5.73 Å². The molecule has 1 aliphatic rings. The zero-order valence-electron chi connectivity index (χ0n) is 6.18. The van der Waals surface area contributed by atoms with Gasteiger partial charge in [-0.2, -0.15) is 0 Å². The monoisotopic (exact) mass is 187 g/mol. The van der Waals surface area contributed by atoms with Crippen LogP contribution in [0.2, 0.25) is 0 Å². The molecule has 1 aromatic rings. The average Bonchev–Trinajstić information content (AvgIpc) is 2.33. The number of thioether (sulfide) groups is 1. The summed E-state index contributed by atoms with van der Waals surface area (Å²) >= 11 is 1.34. The maximum atomic E-state index is 13.0. The van der Waals surface area contributed by atoms with Crippen LogP contribution in [-0.4, -0.2) is 5.75 Å². The van der Waals surface area contributed by atoms with E-state index in [1.807, 2.05) is 0 Å². The van der Waals surface area contributed by atoms with E-state index in [-0.39, 0.29) is 6.04 Å². The van der Waals surface area contributed by atoms with Crippen LogP contribution in [0.1, 0.15) is 11.6 Å². The van der Waals surface area contributed by atoms with E-state index in [1.54, 1.807) is 0 Å². The molecule has 12 heavy (non-hydrogen) atoms. The van der Waals surface area contributed by atoms with E-state index in [1.165, 1.54) is 17.8 Å². The Bertz CT molecular complexity index is 327. The molecule has 0 amide bonds. The van der Waals surface area contributed by atoms with Crippen molar-refractivity contribution >= 4 is 11.8 Å². The lowest BCUT2D eigenvalue weighted by molar-refractivity contribution is 0.558. The SMILES string of the molecule is NC1CSc2c(F)cc(F)cc21. The van der Waals surface area contributed by atoms with Crippen molar-refractivity contribution in [2.45, 2.75) is 10.9 Å². The molecule has 1 nitrogen and oxygen atoms in total. The molecule has 2 N–H and O–H groups in total. The zero-order chi connectivity index (χ0) is 8.72. The predicted octanol–water partition coefficient (Wildman–Crippen LogP) is 2.07. The standard InChI is InChI=1S/C8H7F2NS/c9-4-1-5-7(11)3-12-8(5)6(10)2-4/h1-2,7H,3,11H2. The van der Waals surface area contributed by atoms with Gasteiger partial charge in [-0.25, -0.2) is 8.78 Å². The summed E-state index contributed by atoms with van der Waals surface area (Å²) in [5.74, 6) is -0.414. The maximum absolute atomic E-state index is 13.0. The molecule has 1 unspecified atom stereocenters. The van der Waals surface area contributed by atoms with Gasteiger partial charge in [0.15, 0.2) is 0 Å². The van der Waals surface area contributed by atoms with Crippen LogP contribution in [-0.2, 0) is 0 Å². The van der Waals surface area contributed by atoms with Crippen molar-refractivity contribution in [2.75, 3.05) is 5.75 Å². The first kappa shape index (κ1) is 8.01. The Hall–Kier alpha value is -0.610. The molecular weight excluding hydrogens is 180 g/mol. The number of halogens is 2. The van der Waals surface area contributed by atoms with Crippen LogP contribution in [0.15, 0.2) is 17.0 Å². The number of nitrogens with two attached hydrogens (primary N) is 1. The summed E-state index contributed by atoms with van der Waals surface area (Å²) in [5.41, 5.74) is 6.22. The van der Waals surface area contributed by atoms with Crippen LogP contribution in [0.3, 0.4) is 0 Å². The van der Waals surface area contributed by atoms with Gasteiger partial charge in [0.1, 0.15) is 11.6 Å². The van der Waals surface area contributed by atoms with Crippen molar-refractivity contribution in [3.05, 3.63) is 29.3 Å². The van der Waals surface area contributed by atoms with Gasteiger partial charge >= 0.3 is 0 Å². The smallest absolute Gasteiger partial charge is 0.140 e. The molecule has 0 spiro atoms. The molecule has 0 aliphatic carbocycles. The molecule has 4 heteroatoms. The van der Waals surface area contributed by atoms with E-state index in [0.29, 0.717) is 16.2 Å². The molecule has 0 fully saturated rings. The molecule has 0 bridgehead atoms. The van der Waals surface area contributed by atoms with Gasteiger partial charge in [-0.05, 0) is 11.6 Å². The molecule has 1 heterocycles. The second kappa shape index (κ2) is 2.71. The summed E-state index contributed by atoms with van der Waals surface area (Å²) in [4.78, 5) is 0.504. The fourth-order valence-corrected chi connectivity index (χ4v) is 2.37. The normalized spacial score (nSPS) is 21.1. The van der Waals surface area contributed by atoms with Gasteiger partial charge in [-0.3, -0.25) is 0 Å². The second-order valence-electron chi connectivity index (χ2n) is 2.72. The van der Waals surface area contributed by atoms with Crippen molar-refractivity contribution in [2.24, 2.45) is 5.73 Å². The molecule has 0 aromatic heterocycles. The molecule has 2 rings (SSSR count). The lowest BCUT2D eigenvalue weighted by Gasteiger charge is -2.03. The highest BCUT2D eigenvalue weighted by atomic mass is 32.2. The lowest BCUT2D eigenvalue weighted by atomic mass is 10.1.